The van der Waals surface area contributed by atoms with Crippen LogP contribution in [0, 0.1) is 13.8 Å². The monoisotopic (exact) mass is 346 g/mol. The van der Waals surface area contributed by atoms with Crippen molar-refractivity contribution in [1.82, 2.24) is 19.6 Å². The van der Waals surface area contributed by atoms with E-state index in [1.165, 1.54) is 18.7 Å². The molecule has 118 valence electrons. The molecule has 0 amide bonds. The first-order valence-corrected chi connectivity index (χ1v) is 8.44. The summed E-state index contributed by atoms with van der Waals surface area (Å²) in [4.78, 5) is 20.6. The SMILES string of the molecule is CC(=O)c1c(C)nc2nc(SCc3ccc(Cl)cc3)nn2c1C. The standard InChI is InChI=1S/C16H15ClN4OS/c1-9-14(11(3)22)10(2)21-15(18-9)19-16(20-21)23-8-12-4-6-13(17)7-5-12/h4-7H,8H2,1-3H3. The second-order valence-corrected chi connectivity index (χ2v) is 6.61. The zero-order valence-electron chi connectivity index (χ0n) is 13.0. The number of hydrogen-bond acceptors (Lipinski definition) is 5. The first-order valence-electron chi connectivity index (χ1n) is 7.08. The summed E-state index contributed by atoms with van der Waals surface area (Å²) < 4.78 is 1.63. The van der Waals surface area contributed by atoms with Crippen molar-refractivity contribution in [3.63, 3.8) is 0 Å². The third-order valence-electron chi connectivity index (χ3n) is 3.51. The molecule has 3 rings (SSSR count). The number of Topliss-reactive ketones (excluding diaryl/α,β-unsaturated/α-hetero) is 1. The van der Waals surface area contributed by atoms with Gasteiger partial charge in [0, 0.05) is 10.8 Å². The van der Waals surface area contributed by atoms with Crippen LogP contribution in [0.1, 0.15) is 34.2 Å². The van der Waals surface area contributed by atoms with E-state index in [9.17, 15) is 4.79 Å². The number of halogens is 1. The average Bonchev–Trinajstić information content (AvgIpc) is 2.89. The lowest BCUT2D eigenvalue weighted by molar-refractivity contribution is 0.101. The fourth-order valence-electron chi connectivity index (χ4n) is 2.46. The zero-order chi connectivity index (χ0) is 16.6. The Morgan fingerprint density at radius 3 is 2.57 bits per heavy atom. The van der Waals surface area contributed by atoms with E-state index in [1.807, 2.05) is 38.1 Å². The molecule has 5 nitrogen and oxygen atoms in total. The van der Waals surface area contributed by atoms with Crippen LogP contribution in [0.5, 0.6) is 0 Å². The number of rotatable bonds is 4. The number of ketones is 1. The van der Waals surface area contributed by atoms with Crippen LogP contribution >= 0.6 is 23.4 Å². The highest BCUT2D eigenvalue weighted by Gasteiger charge is 2.16. The molecule has 0 fully saturated rings. The number of hydrogen-bond donors (Lipinski definition) is 0. The van der Waals surface area contributed by atoms with Gasteiger partial charge in [0.15, 0.2) is 5.78 Å². The Kier molecular flexibility index (Phi) is 4.37. The van der Waals surface area contributed by atoms with Crippen molar-refractivity contribution in [2.24, 2.45) is 0 Å². The molecule has 3 aromatic rings. The van der Waals surface area contributed by atoms with Crippen molar-refractivity contribution in [3.8, 4) is 0 Å². The summed E-state index contributed by atoms with van der Waals surface area (Å²) in [6, 6.07) is 7.69. The largest absolute Gasteiger partial charge is 0.294 e. The van der Waals surface area contributed by atoms with E-state index in [-0.39, 0.29) is 5.78 Å². The molecule has 0 aliphatic carbocycles. The van der Waals surface area contributed by atoms with Crippen LogP contribution in [0.25, 0.3) is 5.78 Å². The van der Waals surface area contributed by atoms with Gasteiger partial charge in [-0.2, -0.15) is 9.50 Å². The topological polar surface area (TPSA) is 60.2 Å². The van der Waals surface area contributed by atoms with Gasteiger partial charge in [-0.05, 0) is 38.5 Å². The zero-order valence-corrected chi connectivity index (χ0v) is 14.6. The summed E-state index contributed by atoms with van der Waals surface area (Å²) in [7, 11) is 0. The molecule has 0 N–H and O–H groups in total. The Labute approximate surface area is 143 Å². The summed E-state index contributed by atoms with van der Waals surface area (Å²) in [6.07, 6.45) is 0. The number of aryl methyl sites for hydroxylation is 2. The van der Waals surface area contributed by atoms with Gasteiger partial charge in [-0.3, -0.25) is 4.79 Å². The molecule has 0 bridgehead atoms. The fraction of sp³-hybridized carbons (Fsp3) is 0.250. The molecular formula is C16H15ClN4OS. The van der Waals surface area contributed by atoms with Crippen LogP contribution in [0.4, 0.5) is 0 Å². The van der Waals surface area contributed by atoms with Gasteiger partial charge < -0.3 is 0 Å². The number of aromatic nitrogens is 4. The van der Waals surface area contributed by atoms with Crippen molar-refractivity contribution in [1.29, 1.82) is 0 Å². The van der Waals surface area contributed by atoms with Crippen molar-refractivity contribution in [3.05, 3.63) is 51.8 Å². The summed E-state index contributed by atoms with van der Waals surface area (Å²) in [6.45, 7) is 5.22. The van der Waals surface area contributed by atoms with E-state index in [4.69, 9.17) is 11.6 Å². The Morgan fingerprint density at radius 1 is 1.22 bits per heavy atom. The summed E-state index contributed by atoms with van der Waals surface area (Å²) in [5.41, 5.74) is 3.20. The van der Waals surface area contributed by atoms with Gasteiger partial charge in [-0.25, -0.2) is 4.98 Å². The number of carbonyl (C=O) groups excluding carboxylic acids is 1. The van der Waals surface area contributed by atoms with Gasteiger partial charge in [0.25, 0.3) is 5.78 Å². The Morgan fingerprint density at radius 2 is 1.91 bits per heavy atom. The first kappa shape index (κ1) is 16.0. The van der Waals surface area contributed by atoms with Crippen molar-refractivity contribution < 1.29 is 4.79 Å². The normalized spacial score (nSPS) is 11.1. The Bertz CT molecular complexity index is 889. The maximum atomic E-state index is 11.8. The highest BCUT2D eigenvalue weighted by atomic mass is 35.5. The lowest BCUT2D eigenvalue weighted by atomic mass is 10.1. The lowest BCUT2D eigenvalue weighted by Crippen LogP contribution is -2.09. The molecule has 0 spiro atoms. The average molecular weight is 347 g/mol. The molecule has 23 heavy (non-hydrogen) atoms. The molecule has 2 aromatic heterocycles. The van der Waals surface area contributed by atoms with Gasteiger partial charge in [0.1, 0.15) is 0 Å². The van der Waals surface area contributed by atoms with Crippen LogP contribution < -0.4 is 0 Å². The Balaban J connectivity index is 1.89. The van der Waals surface area contributed by atoms with Crippen molar-refractivity contribution in [2.75, 3.05) is 0 Å². The van der Waals surface area contributed by atoms with Crippen molar-refractivity contribution in [2.45, 2.75) is 31.7 Å². The van der Waals surface area contributed by atoms with Crippen molar-refractivity contribution >= 4 is 34.9 Å². The molecule has 0 unspecified atom stereocenters. The molecular weight excluding hydrogens is 332 g/mol. The smallest absolute Gasteiger partial charge is 0.253 e. The number of nitrogens with zero attached hydrogens (tertiary/aromatic N) is 4. The molecule has 7 heteroatoms. The molecule has 0 saturated carbocycles. The minimum atomic E-state index is -0.0136. The van der Waals surface area contributed by atoms with Gasteiger partial charge in [0.2, 0.25) is 5.16 Å². The number of thioether (sulfide) groups is 1. The van der Waals surface area contributed by atoms with E-state index < -0.39 is 0 Å². The lowest BCUT2D eigenvalue weighted by Gasteiger charge is -2.06. The molecule has 2 heterocycles. The third kappa shape index (κ3) is 3.23. The number of benzene rings is 1. The van der Waals surface area contributed by atoms with Gasteiger partial charge in [-0.15, -0.1) is 5.10 Å². The van der Waals surface area contributed by atoms with Gasteiger partial charge >= 0.3 is 0 Å². The van der Waals surface area contributed by atoms with Crippen LogP contribution in [0.2, 0.25) is 5.02 Å². The summed E-state index contributed by atoms with van der Waals surface area (Å²) >= 11 is 7.41. The quantitative estimate of drug-likeness (QED) is 0.530. The van der Waals surface area contributed by atoms with Crippen LogP contribution in [-0.4, -0.2) is 25.4 Å². The maximum absolute atomic E-state index is 11.8. The van der Waals surface area contributed by atoms with E-state index in [0.717, 1.165) is 22.0 Å². The van der Waals surface area contributed by atoms with Crippen LogP contribution in [-0.2, 0) is 5.75 Å². The van der Waals surface area contributed by atoms with Gasteiger partial charge in [0.05, 0.1) is 17.0 Å². The van der Waals surface area contributed by atoms with E-state index in [0.29, 0.717) is 22.2 Å². The number of carbonyl (C=O) groups is 1. The second kappa shape index (κ2) is 6.29. The predicted octanol–water partition coefficient (Wildman–Crippen LogP) is 3.89. The molecule has 0 radical (unpaired) electrons. The molecule has 1 aromatic carbocycles. The summed E-state index contributed by atoms with van der Waals surface area (Å²) in [5, 5.41) is 5.81. The van der Waals surface area contributed by atoms with E-state index in [2.05, 4.69) is 15.1 Å². The maximum Gasteiger partial charge on any atom is 0.253 e. The highest BCUT2D eigenvalue weighted by Crippen LogP contribution is 2.22. The Hall–Kier alpha value is -1.92. The summed E-state index contributed by atoms with van der Waals surface area (Å²) in [5.74, 6) is 1.25. The molecule has 0 atom stereocenters. The second-order valence-electron chi connectivity index (χ2n) is 5.24. The van der Waals surface area contributed by atoms with E-state index in [1.54, 1.807) is 4.52 Å². The minimum Gasteiger partial charge on any atom is -0.294 e. The van der Waals surface area contributed by atoms with E-state index >= 15 is 0 Å². The van der Waals surface area contributed by atoms with Crippen LogP contribution in [0.3, 0.4) is 0 Å². The number of fused-ring (bicyclic) bond motifs is 1. The molecule has 0 aliphatic rings. The molecule has 0 saturated heterocycles. The fourth-order valence-corrected chi connectivity index (χ4v) is 3.36. The third-order valence-corrected chi connectivity index (χ3v) is 4.67. The predicted molar refractivity (Wildman–Crippen MR) is 91.3 cm³/mol. The molecule has 0 aliphatic heterocycles. The first-order chi connectivity index (χ1) is 11.0. The minimum absolute atomic E-state index is 0.0136. The highest BCUT2D eigenvalue weighted by molar-refractivity contribution is 7.98. The van der Waals surface area contributed by atoms with Crippen LogP contribution in [0.15, 0.2) is 29.4 Å². The van der Waals surface area contributed by atoms with Gasteiger partial charge in [-0.1, -0.05) is 35.5 Å².